The second-order valence-electron chi connectivity index (χ2n) is 11.1. The molecule has 0 N–H and O–H groups in total. The molecule has 1 aliphatic heterocycles. The molecule has 5 rings (SSSR count). The molecule has 0 aliphatic carbocycles. The van der Waals surface area contributed by atoms with E-state index in [0.29, 0.717) is 24.6 Å². The zero-order valence-electron chi connectivity index (χ0n) is 23.0. The molecule has 0 bridgehead atoms. The second kappa shape index (κ2) is 12.8. The van der Waals surface area contributed by atoms with Gasteiger partial charge in [-0.3, -0.25) is 0 Å². The van der Waals surface area contributed by atoms with E-state index in [-0.39, 0.29) is 32.2 Å². The van der Waals surface area contributed by atoms with E-state index in [9.17, 15) is 0 Å². The van der Waals surface area contributed by atoms with Crippen molar-refractivity contribution in [2.75, 3.05) is 13.2 Å². The van der Waals surface area contributed by atoms with E-state index in [4.69, 9.17) is 13.9 Å². The van der Waals surface area contributed by atoms with E-state index in [2.05, 4.69) is 136 Å². The van der Waals surface area contributed by atoms with Gasteiger partial charge >= 0.3 is 242 Å². The Balaban J connectivity index is 1.43. The predicted molar refractivity (Wildman–Crippen MR) is 164 cm³/mol. The van der Waals surface area contributed by atoms with Crippen molar-refractivity contribution in [2.24, 2.45) is 0 Å². The number of hydrogen-bond acceptors (Lipinski definition) is 3. The van der Waals surface area contributed by atoms with Crippen LogP contribution >= 0.6 is 0 Å². The molecule has 1 heterocycles. The van der Waals surface area contributed by atoms with Crippen LogP contribution in [0.4, 0.5) is 0 Å². The van der Waals surface area contributed by atoms with Crippen molar-refractivity contribution in [3.8, 4) is 0 Å². The summed E-state index contributed by atoms with van der Waals surface area (Å²) in [7, 11) is -2.66. The van der Waals surface area contributed by atoms with Gasteiger partial charge in [0.1, 0.15) is 0 Å². The average Bonchev–Trinajstić information content (AvgIpc) is 3.34. The zero-order chi connectivity index (χ0) is 27.1. The molecule has 1 fully saturated rings. The van der Waals surface area contributed by atoms with Crippen LogP contribution in [0, 0.1) is 0 Å². The van der Waals surface area contributed by atoms with E-state index >= 15 is 0 Å². The van der Waals surface area contributed by atoms with Gasteiger partial charge in [-0.25, -0.2) is 0 Å². The van der Waals surface area contributed by atoms with Gasteiger partial charge in [-0.15, -0.1) is 0 Å². The van der Waals surface area contributed by atoms with Gasteiger partial charge in [0, 0.05) is 0 Å². The van der Waals surface area contributed by atoms with Crippen LogP contribution in [0.5, 0.6) is 0 Å². The molecule has 1 aliphatic rings. The number of hydrogen-bond donors (Lipinski definition) is 0. The van der Waals surface area contributed by atoms with Gasteiger partial charge < -0.3 is 0 Å². The van der Waals surface area contributed by atoms with Gasteiger partial charge in [-0.2, -0.15) is 0 Å². The Morgan fingerprint density at radius 3 is 1.79 bits per heavy atom. The van der Waals surface area contributed by atoms with Crippen LogP contribution in [-0.2, 0) is 20.5 Å². The zero-order valence-corrected chi connectivity index (χ0v) is 25.7. The van der Waals surface area contributed by atoms with Crippen LogP contribution in [0.15, 0.2) is 121 Å². The summed E-state index contributed by atoms with van der Waals surface area (Å²) in [6.45, 7) is 8.74. The molecule has 0 radical (unpaired) electrons. The van der Waals surface area contributed by atoms with Crippen LogP contribution in [-0.4, -0.2) is 48.7 Å². The number of ether oxygens (including phenoxy) is 2. The molecule has 0 amide bonds. The third-order valence-corrected chi connectivity index (χ3v) is 15.0. The van der Waals surface area contributed by atoms with Gasteiger partial charge in [0.05, 0.1) is 0 Å². The standard InChI is InChI=1S/C34H38O3SeSi/c1-34(2,3)39(29-20-12-6-13-21-29,30-22-14-7-15-23-30)37-25-31-33(36-24-27-16-8-4-9-17-27)32(26-35-31)38-28-18-10-5-11-19-28/h4-23,31-33H,24-26H2,1-3H3/t31-,32?,33+/m1/s1. The molecular formula is C34H38O3SeSi. The normalized spacial score (nSPS) is 19.7. The molecular weight excluding hydrogens is 563 g/mol. The SMILES string of the molecule is CC(C)(C)[Si](OC[C@H]1OCC([Se]c2ccccc2)[C@H]1OCc1ccccc1)(c1ccccc1)c1ccccc1. The molecule has 4 aromatic rings. The van der Waals surface area contributed by atoms with Crippen molar-refractivity contribution in [2.45, 2.75) is 49.4 Å². The van der Waals surface area contributed by atoms with Crippen LogP contribution < -0.4 is 14.8 Å². The summed E-state index contributed by atoms with van der Waals surface area (Å²) >= 11 is 0.245. The van der Waals surface area contributed by atoms with Crippen molar-refractivity contribution in [1.82, 2.24) is 0 Å². The van der Waals surface area contributed by atoms with E-state index < -0.39 is 8.32 Å². The Kier molecular flexibility index (Phi) is 9.19. The van der Waals surface area contributed by atoms with E-state index in [1.165, 1.54) is 20.4 Å². The van der Waals surface area contributed by atoms with Crippen LogP contribution in [0.1, 0.15) is 26.3 Å². The molecule has 0 saturated carbocycles. The van der Waals surface area contributed by atoms with Crippen molar-refractivity contribution in [3.05, 3.63) is 127 Å². The Morgan fingerprint density at radius 2 is 1.26 bits per heavy atom. The molecule has 4 aromatic carbocycles. The molecule has 3 atom stereocenters. The first-order valence-corrected chi connectivity index (χ1v) is 17.5. The Morgan fingerprint density at radius 1 is 0.744 bits per heavy atom. The fourth-order valence-electron chi connectivity index (χ4n) is 5.52. The molecule has 3 nitrogen and oxygen atoms in total. The Bertz CT molecular complexity index is 1240. The third kappa shape index (κ3) is 6.46. The number of benzene rings is 4. The van der Waals surface area contributed by atoms with Crippen molar-refractivity contribution in [1.29, 1.82) is 0 Å². The van der Waals surface area contributed by atoms with Crippen LogP contribution in [0.3, 0.4) is 0 Å². The molecule has 39 heavy (non-hydrogen) atoms. The molecule has 0 aromatic heterocycles. The quantitative estimate of drug-likeness (QED) is 0.229. The second-order valence-corrected chi connectivity index (χ2v) is 18.1. The monoisotopic (exact) mass is 602 g/mol. The summed E-state index contributed by atoms with van der Waals surface area (Å²) in [4.78, 5) is 0.330. The Hall–Kier alpha value is -2.50. The maximum atomic E-state index is 7.27. The topological polar surface area (TPSA) is 27.7 Å². The summed E-state index contributed by atoms with van der Waals surface area (Å²) in [5.41, 5.74) is 1.18. The molecule has 0 spiro atoms. The Labute approximate surface area is 240 Å². The summed E-state index contributed by atoms with van der Waals surface area (Å²) in [6, 6.07) is 42.9. The van der Waals surface area contributed by atoms with Crippen LogP contribution in [0.2, 0.25) is 9.85 Å². The molecule has 5 heteroatoms. The molecule has 202 valence electrons. The summed E-state index contributed by atoms with van der Waals surface area (Å²) in [5, 5.41) is 2.49. The first-order chi connectivity index (χ1) is 19.0. The van der Waals surface area contributed by atoms with Gasteiger partial charge in [-0.05, 0) is 0 Å². The summed E-state index contributed by atoms with van der Waals surface area (Å²) in [5.74, 6) is 0. The van der Waals surface area contributed by atoms with Gasteiger partial charge in [0.25, 0.3) is 0 Å². The average molecular weight is 602 g/mol. The summed E-state index contributed by atoms with van der Waals surface area (Å²) < 4.78 is 21.8. The van der Waals surface area contributed by atoms with Gasteiger partial charge in [0.2, 0.25) is 0 Å². The number of rotatable bonds is 10. The van der Waals surface area contributed by atoms with E-state index in [0.717, 1.165) is 0 Å². The van der Waals surface area contributed by atoms with E-state index in [1.54, 1.807) is 0 Å². The first kappa shape index (κ1) is 28.0. The fourth-order valence-corrected chi connectivity index (χ4v) is 12.6. The summed E-state index contributed by atoms with van der Waals surface area (Å²) in [6.07, 6.45) is -0.144. The van der Waals surface area contributed by atoms with Crippen LogP contribution in [0.25, 0.3) is 0 Å². The minimum atomic E-state index is -2.66. The molecule has 1 saturated heterocycles. The first-order valence-electron chi connectivity index (χ1n) is 13.7. The van der Waals surface area contributed by atoms with Crippen molar-refractivity contribution in [3.63, 3.8) is 0 Å². The maximum absolute atomic E-state index is 7.27. The third-order valence-electron chi connectivity index (χ3n) is 7.40. The van der Waals surface area contributed by atoms with Crippen molar-refractivity contribution < 1.29 is 13.9 Å². The van der Waals surface area contributed by atoms with Crippen molar-refractivity contribution >= 4 is 38.1 Å². The predicted octanol–water partition coefficient (Wildman–Crippen LogP) is 5.37. The van der Waals surface area contributed by atoms with Gasteiger partial charge in [-0.1, -0.05) is 0 Å². The fraction of sp³-hybridized carbons (Fsp3) is 0.294. The van der Waals surface area contributed by atoms with Gasteiger partial charge in [0.15, 0.2) is 0 Å². The molecule has 1 unspecified atom stereocenters. The van der Waals surface area contributed by atoms with E-state index in [1.807, 2.05) is 6.07 Å². The minimum absolute atomic E-state index is 0.0244.